The molecule has 102 valence electrons. The van der Waals surface area contributed by atoms with Crippen LogP contribution in [0.2, 0.25) is 16.6 Å². The maximum Gasteiger partial charge on any atom is 0.200 e. The number of ether oxygens (including phenoxy) is 1. The third kappa shape index (κ3) is 2.94. The van der Waals surface area contributed by atoms with Crippen LogP contribution in [0, 0.1) is 0 Å². The highest BCUT2D eigenvalue weighted by atomic mass is 28.4. The Hall–Kier alpha value is 0.137. The van der Waals surface area contributed by atoms with Gasteiger partial charge >= 0.3 is 0 Å². The highest BCUT2D eigenvalue weighted by molar-refractivity contribution is 6.77. The van der Waals surface area contributed by atoms with E-state index in [1.165, 1.54) is 0 Å². The van der Waals surface area contributed by atoms with Crippen molar-refractivity contribution in [1.82, 2.24) is 0 Å². The zero-order valence-corrected chi connectivity index (χ0v) is 13.6. The van der Waals surface area contributed by atoms with E-state index >= 15 is 0 Å². The van der Waals surface area contributed by atoms with Gasteiger partial charge in [0.2, 0.25) is 8.32 Å². The van der Waals surface area contributed by atoms with Crippen LogP contribution < -0.4 is 0 Å². The molecule has 0 aliphatic carbocycles. The van der Waals surface area contributed by atoms with E-state index in [4.69, 9.17) is 9.16 Å². The van der Waals surface area contributed by atoms with Gasteiger partial charge < -0.3 is 9.16 Å². The van der Waals surface area contributed by atoms with Crippen molar-refractivity contribution in [3.63, 3.8) is 0 Å². The summed E-state index contributed by atoms with van der Waals surface area (Å²) >= 11 is 0. The fourth-order valence-corrected chi connectivity index (χ4v) is 9.19. The minimum Gasteiger partial charge on any atom is -0.410 e. The maximum absolute atomic E-state index is 6.71. The van der Waals surface area contributed by atoms with Crippen molar-refractivity contribution in [3.05, 3.63) is 0 Å². The molecule has 0 N–H and O–H groups in total. The van der Waals surface area contributed by atoms with Crippen LogP contribution in [0.3, 0.4) is 0 Å². The van der Waals surface area contributed by atoms with Crippen molar-refractivity contribution in [2.45, 2.75) is 83.7 Å². The summed E-state index contributed by atoms with van der Waals surface area (Å²) in [6.07, 6.45) is 1.68. The van der Waals surface area contributed by atoms with Gasteiger partial charge in [-0.3, -0.25) is 0 Å². The maximum atomic E-state index is 6.71. The molecule has 0 spiro atoms. The van der Waals surface area contributed by atoms with Gasteiger partial charge in [0.1, 0.15) is 0 Å². The average molecular weight is 258 g/mol. The molecule has 0 aromatic carbocycles. The molecule has 0 bridgehead atoms. The van der Waals surface area contributed by atoms with Gasteiger partial charge in [-0.25, -0.2) is 0 Å². The highest BCUT2D eigenvalue weighted by Crippen LogP contribution is 2.44. The molecule has 1 fully saturated rings. The predicted molar refractivity (Wildman–Crippen MR) is 76.0 cm³/mol. The van der Waals surface area contributed by atoms with Crippen molar-refractivity contribution in [2.75, 3.05) is 6.61 Å². The second-order valence-corrected chi connectivity index (χ2v) is 11.7. The first-order chi connectivity index (χ1) is 7.82. The smallest absolute Gasteiger partial charge is 0.200 e. The van der Waals surface area contributed by atoms with Crippen LogP contribution in [0.4, 0.5) is 0 Å². The summed E-state index contributed by atoms with van der Waals surface area (Å²) in [5.41, 5.74) is 1.99. The van der Waals surface area contributed by atoms with Crippen molar-refractivity contribution < 1.29 is 9.16 Å². The summed E-state index contributed by atoms with van der Waals surface area (Å²) in [6.45, 7) is 17.1. The zero-order valence-electron chi connectivity index (χ0n) is 12.6. The molecule has 0 unspecified atom stereocenters. The van der Waals surface area contributed by atoms with Gasteiger partial charge in [0, 0.05) is 6.61 Å². The lowest BCUT2D eigenvalue weighted by Crippen LogP contribution is -2.51. The van der Waals surface area contributed by atoms with E-state index in [-0.39, 0.29) is 6.10 Å². The number of hydrogen-bond acceptors (Lipinski definition) is 2. The van der Waals surface area contributed by atoms with Crippen molar-refractivity contribution in [1.29, 1.82) is 0 Å². The minimum atomic E-state index is -1.71. The Morgan fingerprint density at radius 1 is 1.00 bits per heavy atom. The Bertz CT molecular complexity index is 217. The Morgan fingerprint density at radius 2 is 1.47 bits per heavy atom. The molecule has 2 nitrogen and oxygen atoms in total. The molecule has 2 atom stereocenters. The molecule has 1 aliphatic rings. The van der Waals surface area contributed by atoms with Crippen LogP contribution >= 0.6 is 0 Å². The van der Waals surface area contributed by atoms with Gasteiger partial charge in [0.15, 0.2) is 0 Å². The van der Waals surface area contributed by atoms with Crippen LogP contribution in [0.1, 0.15) is 54.9 Å². The lowest BCUT2D eigenvalue weighted by atomic mass is 10.2. The van der Waals surface area contributed by atoms with Crippen molar-refractivity contribution >= 4 is 8.32 Å². The SMILES string of the molecule is CC(C)[Si](O[C@@H]1CCO[C@H]1C)(C(C)C)C(C)C. The van der Waals surface area contributed by atoms with Crippen molar-refractivity contribution in [3.8, 4) is 0 Å². The first kappa shape index (κ1) is 15.2. The van der Waals surface area contributed by atoms with Gasteiger partial charge in [0.05, 0.1) is 12.2 Å². The third-order valence-corrected chi connectivity index (χ3v) is 10.5. The standard InChI is InChI=1S/C14H30O2Si/c1-10(2)17(11(3)4,12(5)6)16-14-8-9-15-13(14)7/h10-14H,8-9H2,1-7H3/t13-,14+/m0/s1. The Balaban J connectivity index is 2.89. The molecule has 3 heteroatoms. The van der Waals surface area contributed by atoms with Gasteiger partial charge in [-0.15, -0.1) is 0 Å². The topological polar surface area (TPSA) is 18.5 Å². The molecule has 1 aliphatic heterocycles. The Kier molecular flexibility index (Phi) is 5.23. The predicted octanol–water partition coefficient (Wildman–Crippen LogP) is 4.36. The van der Waals surface area contributed by atoms with Crippen LogP contribution in [-0.2, 0) is 9.16 Å². The van der Waals surface area contributed by atoms with Crippen LogP contribution in [0.15, 0.2) is 0 Å². The molecule has 0 saturated carbocycles. The zero-order chi connectivity index (χ0) is 13.2. The van der Waals surface area contributed by atoms with Crippen LogP contribution in [-0.4, -0.2) is 27.1 Å². The molecule has 0 amide bonds. The molecule has 0 radical (unpaired) electrons. The van der Waals surface area contributed by atoms with E-state index in [9.17, 15) is 0 Å². The van der Waals surface area contributed by atoms with E-state index in [1.807, 2.05) is 0 Å². The monoisotopic (exact) mass is 258 g/mol. The number of hydrogen-bond donors (Lipinski definition) is 0. The summed E-state index contributed by atoms with van der Waals surface area (Å²) in [7, 11) is -1.71. The van der Waals surface area contributed by atoms with E-state index < -0.39 is 8.32 Å². The fourth-order valence-electron chi connectivity index (χ4n) is 3.54. The summed E-state index contributed by atoms with van der Waals surface area (Å²) in [5.74, 6) is 0. The summed E-state index contributed by atoms with van der Waals surface area (Å²) < 4.78 is 12.4. The van der Waals surface area contributed by atoms with E-state index in [0.29, 0.717) is 22.7 Å². The molecule has 0 aromatic rings. The van der Waals surface area contributed by atoms with Crippen LogP contribution in [0.5, 0.6) is 0 Å². The number of rotatable bonds is 5. The van der Waals surface area contributed by atoms with Gasteiger partial charge in [-0.05, 0) is 30.0 Å². The molecular formula is C14H30O2Si. The largest absolute Gasteiger partial charge is 0.410 e. The molecule has 1 rings (SSSR count). The average Bonchev–Trinajstić information content (AvgIpc) is 2.58. The molecule has 17 heavy (non-hydrogen) atoms. The summed E-state index contributed by atoms with van der Waals surface area (Å²) in [4.78, 5) is 0. The lowest BCUT2D eigenvalue weighted by molar-refractivity contribution is 0.0587. The van der Waals surface area contributed by atoms with E-state index in [2.05, 4.69) is 48.5 Å². The highest BCUT2D eigenvalue weighted by Gasteiger charge is 2.47. The Morgan fingerprint density at radius 3 is 1.76 bits per heavy atom. The van der Waals surface area contributed by atoms with Gasteiger partial charge in [-0.1, -0.05) is 41.5 Å². The molecule has 0 aromatic heterocycles. The third-order valence-electron chi connectivity index (χ3n) is 4.37. The molecule has 1 heterocycles. The Labute approximate surface area is 108 Å². The van der Waals surface area contributed by atoms with E-state index in [0.717, 1.165) is 13.0 Å². The lowest BCUT2D eigenvalue weighted by Gasteiger charge is -2.44. The summed E-state index contributed by atoms with van der Waals surface area (Å²) in [6, 6.07) is 0. The minimum absolute atomic E-state index is 0.276. The molecule has 1 saturated heterocycles. The first-order valence-electron chi connectivity index (χ1n) is 7.11. The molecular weight excluding hydrogens is 228 g/mol. The van der Waals surface area contributed by atoms with Crippen LogP contribution in [0.25, 0.3) is 0 Å². The second-order valence-electron chi connectivity index (χ2n) is 6.34. The fraction of sp³-hybridized carbons (Fsp3) is 1.00. The van der Waals surface area contributed by atoms with Gasteiger partial charge in [-0.2, -0.15) is 0 Å². The normalized spacial score (nSPS) is 26.5. The van der Waals surface area contributed by atoms with Gasteiger partial charge in [0.25, 0.3) is 0 Å². The first-order valence-corrected chi connectivity index (χ1v) is 9.25. The quantitative estimate of drug-likeness (QED) is 0.682. The second kappa shape index (κ2) is 5.85. The van der Waals surface area contributed by atoms with E-state index in [1.54, 1.807) is 0 Å². The van der Waals surface area contributed by atoms with Crippen molar-refractivity contribution in [2.24, 2.45) is 0 Å². The summed E-state index contributed by atoms with van der Waals surface area (Å²) in [5, 5.41) is 0.